The number of non-ortho nitro benzene ring substituents is 1. The summed E-state index contributed by atoms with van der Waals surface area (Å²) in [6.45, 7) is 0. The van der Waals surface area contributed by atoms with Crippen molar-refractivity contribution < 1.29 is 4.92 Å². The molecule has 0 aromatic heterocycles. The third-order valence-corrected chi connectivity index (χ3v) is 4.31. The Morgan fingerprint density at radius 1 is 1.29 bits per heavy atom. The van der Waals surface area contributed by atoms with Crippen LogP contribution in [-0.4, -0.2) is 4.92 Å². The topological polar surface area (TPSA) is 69.2 Å². The minimum absolute atomic E-state index is 0.0835. The standard InChI is InChI=1S/C16H15ClN2O2/c17-13-3-1-2-10(7-13)6-12-8-11-9-14(19(20)21)4-5-15(11)16(12)18/h1-5,7,9,12,16H,6,8,18H2. The molecule has 0 spiro atoms. The van der Waals surface area contributed by atoms with Crippen molar-refractivity contribution in [2.45, 2.75) is 18.9 Å². The maximum atomic E-state index is 10.9. The van der Waals surface area contributed by atoms with Crippen LogP contribution in [0.1, 0.15) is 22.7 Å². The average Bonchev–Trinajstić information content (AvgIpc) is 2.75. The van der Waals surface area contributed by atoms with Crippen molar-refractivity contribution in [1.82, 2.24) is 0 Å². The van der Waals surface area contributed by atoms with Crippen molar-refractivity contribution in [1.29, 1.82) is 0 Å². The minimum atomic E-state index is -0.365. The van der Waals surface area contributed by atoms with Crippen LogP contribution in [0.3, 0.4) is 0 Å². The molecule has 2 aromatic rings. The van der Waals surface area contributed by atoms with Gasteiger partial charge in [-0.1, -0.05) is 29.8 Å². The maximum Gasteiger partial charge on any atom is 0.269 e. The summed E-state index contributed by atoms with van der Waals surface area (Å²) in [6, 6.07) is 12.6. The Morgan fingerprint density at radius 2 is 2.10 bits per heavy atom. The second kappa shape index (κ2) is 5.47. The first-order valence-corrected chi connectivity index (χ1v) is 7.19. The summed E-state index contributed by atoms with van der Waals surface area (Å²) in [7, 11) is 0. The Morgan fingerprint density at radius 3 is 2.81 bits per heavy atom. The van der Waals surface area contributed by atoms with Crippen molar-refractivity contribution in [3.63, 3.8) is 0 Å². The normalized spacial score (nSPS) is 20.3. The number of halogens is 1. The Labute approximate surface area is 127 Å². The fraction of sp³-hybridized carbons (Fsp3) is 0.250. The lowest BCUT2D eigenvalue weighted by atomic mass is 9.93. The van der Waals surface area contributed by atoms with Gasteiger partial charge in [0.15, 0.2) is 0 Å². The van der Waals surface area contributed by atoms with E-state index in [9.17, 15) is 10.1 Å². The Balaban J connectivity index is 1.83. The predicted molar refractivity (Wildman–Crippen MR) is 82.4 cm³/mol. The largest absolute Gasteiger partial charge is 0.324 e. The van der Waals surface area contributed by atoms with Crippen LogP contribution in [0.4, 0.5) is 5.69 Å². The Bertz CT molecular complexity index is 702. The van der Waals surface area contributed by atoms with Crippen LogP contribution in [0, 0.1) is 16.0 Å². The third-order valence-electron chi connectivity index (χ3n) is 4.07. The van der Waals surface area contributed by atoms with Gasteiger partial charge < -0.3 is 5.73 Å². The highest BCUT2D eigenvalue weighted by atomic mass is 35.5. The monoisotopic (exact) mass is 302 g/mol. The highest BCUT2D eigenvalue weighted by molar-refractivity contribution is 6.30. The lowest BCUT2D eigenvalue weighted by Crippen LogP contribution is -2.18. The van der Waals surface area contributed by atoms with Crippen LogP contribution in [0.5, 0.6) is 0 Å². The van der Waals surface area contributed by atoms with E-state index in [4.69, 9.17) is 17.3 Å². The smallest absolute Gasteiger partial charge is 0.269 e. The highest BCUT2D eigenvalue weighted by Crippen LogP contribution is 2.38. The molecule has 0 bridgehead atoms. The summed E-state index contributed by atoms with van der Waals surface area (Å²) in [6.07, 6.45) is 1.59. The first kappa shape index (κ1) is 14.0. The summed E-state index contributed by atoms with van der Waals surface area (Å²) >= 11 is 6.01. The van der Waals surface area contributed by atoms with Gasteiger partial charge in [-0.2, -0.15) is 0 Å². The molecule has 108 valence electrons. The van der Waals surface area contributed by atoms with E-state index in [-0.39, 0.29) is 22.6 Å². The first-order valence-electron chi connectivity index (χ1n) is 6.82. The van der Waals surface area contributed by atoms with Gasteiger partial charge in [-0.25, -0.2) is 0 Å². The van der Waals surface area contributed by atoms with Crippen LogP contribution in [0.2, 0.25) is 5.02 Å². The molecule has 21 heavy (non-hydrogen) atoms. The van der Waals surface area contributed by atoms with E-state index < -0.39 is 0 Å². The number of nitrogens with zero attached hydrogens (tertiary/aromatic N) is 1. The molecule has 0 aliphatic heterocycles. The van der Waals surface area contributed by atoms with Crippen molar-refractivity contribution >= 4 is 17.3 Å². The van der Waals surface area contributed by atoms with E-state index in [1.54, 1.807) is 12.1 Å². The second-order valence-electron chi connectivity index (χ2n) is 5.46. The number of hydrogen-bond donors (Lipinski definition) is 1. The van der Waals surface area contributed by atoms with E-state index in [2.05, 4.69) is 0 Å². The van der Waals surface area contributed by atoms with Crippen molar-refractivity contribution in [2.24, 2.45) is 11.7 Å². The molecule has 2 atom stereocenters. The van der Waals surface area contributed by atoms with Gasteiger partial charge in [0.2, 0.25) is 0 Å². The van der Waals surface area contributed by atoms with Crippen LogP contribution >= 0.6 is 11.6 Å². The summed E-state index contributed by atoms with van der Waals surface area (Å²) in [4.78, 5) is 10.5. The number of nitrogens with two attached hydrogens (primary N) is 1. The molecule has 1 aliphatic rings. The molecule has 0 heterocycles. The van der Waals surface area contributed by atoms with Crippen LogP contribution in [-0.2, 0) is 12.8 Å². The first-order chi connectivity index (χ1) is 10.0. The number of nitro groups is 1. The van der Waals surface area contributed by atoms with Gasteiger partial charge in [0.25, 0.3) is 5.69 Å². The van der Waals surface area contributed by atoms with Crippen LogP contribution in [0.25, 0.3) is 0 Å². The molecule has 0 saturated heterocycles. The average molecular weight is 303 g/mol. The zero-order chi connectivity index (χ0) is 15.0. The molecule has 2 unspecified atom stereocenters. The lowest BCUT2D eigenvalue weighted by molar-refractivity contribution is -0.384. The van der Waals surface area contributed by atoms with Gasteiger partial charge in [-0.15, -0.1) is 0 Å². The summed E-state index contributed by atoms with van der Waals surface area (Å²) in [5.41, 5.74) is 9.58. The highest BCUT2D eigenvalue weighted by Gasteiger charge is 2.30. The van der Waals surface area contributed by atoms with Gasteiger partial charge in [0.05, 0.1) is 4.92 Å². The summed E-state index contributed by atoms with van der Waals surface area (Å²) in [5.74, 6) is 0.250. The maximum absolute atomic E-state index is 10.9. The zero-order valence-corrected chi connectivity index (χ0v) is 12.1. The summed E-state index contributed by atoms with van der Waals surface area (Å²) < 4.78 is 0. The van der Waals surface area contributed by atoms with Crippen molar-refractivity contribution in [3.05, 3.63) is 74.3 Å². The molecule has 5 heteroatoms. The fourth-order valence-corrected chi connectivity index (χ4v) is 3.25. The van der Waals surface area contributed by atoms with E-state index >= 15 is 0 Å². The summed E-state index contributed by atoms with van der Waals surface area (Å²) in [5, 5.41) is 11.6. The molecular formula is C16H15ClN2O2. The quantitative estimate of drug-likeness (QED) is 0.695. The molecule has 4 nitrogen and oxygen atoms in total. The lowest BCUT2D eigenvalue weighted by Gasteiger charge is -2.16. The number of fused-ring (bicyclic) bond motifs is 1. The molecular weight excluding hydrogens is 288 g/mol. The van der Waals surface area contributed by atoms with Gasteiger partial charge in [-0.05, 0) is 47.6 Å². The molecule has 0 saturated carbocycles. The molecule has 1 aliphatic carbocycles. The molecule has 0 amide bonds. The number of benzene rings is 2. The van der Waals surface area contributed by atoms with Crippen LogP contribution in [0.15, 0.2) is 42.5 Å². The minimum Gasteiger partial charge on any atom is -0.324 e. The second-order valence-corrected chi connectivity index (χ2v) is 5.90. The van der Waals surface area contributed by atoms with E-state index in [1.165, 1.54) is 6.07 Å². The van der Waals surface area contributed by atoms with E-state index in [1.807, 2.05) is 24.3 Å². The number of rotatable bonds is 3. The molecule has 2 aromatic carbocycles. The van der Waals surface area contributed by atoms with Gasteiger partial charge >= 0.3 is 0 Å². The zero-order valence-electron chi connectivity index (χ0n) is 11.3. The Kier molecular flexibility index (Phi) is 3.66. The predicted octanol–water partition coefficient (Wildman–Crippen LogP) is 3.66. The fourth-order valence-electron chi connectivity index (χ4n) is 3.04. The third kappa shape index (κ3) is 2.77. The number of hydrogen-bond acceptors (Lipinski definition) is 3. The molecule has 3 rings (SSSR count). The molecule has 2 N–H and O–H groups in total. The van der Waals surface area contributed by atoms with Gasteiger partial charge in [0.1, 0.15) is 0 Å². The van der Waals surface area contributed by atoms with Crippen LogP contribution < -0.4 is 5.73 Å². The van der Waals surface area contributed by atoms with Gasteiger partial charge in [-0.3, -0.25) is 10.1 Å². The molecule has 0 fully saturated rings. The number of nitro benzene ring substituents is 1. The van der Waals surface area contributed by atoms with Gasteiger partial charge in [0, 0.05) is 23.2 Å². The SMILES string of the molecule is NC1c2ccc([N+](=O)[O-])cc2CC1Cc1cccc(Cl)c1. The Hall–Kier alpha value is -1.91. The van der Waals surface area contributed by atoms with E-state index in [0.717, 1.165) is 29.5 Å². The molecule has 0 radical (unpaired) electrons. The van der Waals surface area contributed by atoms with E-state index in [0.29, 0.717) is 5.02 Å². The van der Waals surface area contributed by atoms with Crippen molar-refractivity contribution in [2.75, 3.05) is 0 Å². The van der Waals surface area contributed by atoms with Crippen molar-refractivity contribution in [3.8, 4) is 0 Å².